The molecule has 0 atom stereocenters. The number of nitrogens with zero attached hydrogens (tertiary/aromatic N) is 2. The third kappa shape index (κ3) is 3.70. The molecule has 0 spiro atoms. The van der Waals surface area contributed by atoms with E-state index in [0.717, 1.165) is 35.6 Å². The summed E-state index contributed by atoms with van der Waals surface area (Å²) in [4.78, 5) is 0. The Kier molecular flexibility index (Phi) is 4.79. The van der Waals surface area contributed by atoms with Crippen LogP contribution >= 0.6 is 0 Å². The molecule has 0 aromatic heterocycles. The maximum absolute atomic E-state index is 4.62. The second-order valence-corrected chi connectivity index (χ2v) is 6.03. The molecular formula is C20H22N2. The third-order valence-corrected chi connectivity index (χ3v) is 4.24. The molecule has 0 aliphatic heterocycles. The Balaban J connectivity index is 1.92. The first-order valence-electron chi connectivity index (χ1n) is 8.07. The van der Waals surface area contributed by atoms with Crippen LogP contribution in [0.2, 0.25) is 0 Å². The van der Waals surface area contributed by atoms with Crippen LogP contribution in [0.3, 0.4) is 0 Å². The molecule has 0 N–H and O–H groups in total. The summed E-state index contributed by atoms with van der Waals surface area (Å²) in [5, 5.41) is 9.19. The van der Waals surface area contributed by atoms with Crippen molar-refractivity contribution in [3.05, 3.63) is 71.8 Å². The zero-order chi connectivity index (χ0) is 15.2. The van der Waals surface area contributed by atoms with Crippen molar-refractivity contribution in [2.75, 3.05) is 0 Å². The van der Waals surface area contributed by atoms with Gasteiger partial charge in [-0.2, -0.15) is 5.10 Å². The lowest BCUT2D eigenvalue weighted by molar-refractivity contribution is 0.483. The lowest BCUT2D eigenvalue weighted by Gasteiger charge is -2.18. The summed E-state index contributed by atoms with van der Waals surface area (Å²) in [6.07, 6.45) is 4.64. The van der Waals surface area contributed by atoms with E-state index in [1.807, 2.05) is 36.4 Å². The predicted octanol–water partition coefficient (Wildman–Crippen LogP) is 5.09. The van der Waals surface area contributed by atoms with E-state index in [2.05, 4.69) is 41.4 Å². The minimum Gasteiger partial charge on any atom is -0.159 e. The molecule has 1 saturated carbocycles. The Morgan fingerprint density at radius 2 is 1.32 bits per heavy atom. The highest BCUT2D eigenvalue weighted by Gasteiger charge is 2.13. The molecule has 0 saturated heterocycles. The van der Waals surface area contributed by atoms with Crippen LogP contribution in [0.1, 0.15) is 43.7 Å². The van der Waals surface area contributed by atoms with Crippen molar-refractivity contribution in [2.45, 2.75) is 32.6 Å². The van der Waals surface area contributed by atoms with Crippen molar-refractivity contribution >= 4 is 11.4 Å². The molecule has 0 radical (unpaired) electrons. The van der Waals surface area contributed by atoms with Crippen molar-refractivity contribution in [3.63, 3.8) is 0 Å². The van der Waals surface area contributed by atoms with Gasteiger partial charge in [0.2, 0.25) is 0 Å². The highest BCUT2D eigenvalue weighted by molar-refractivity contribution is 6.13. The number of hydrogen-bond donors (Lipinski definition) is 0. The summed E-state index contributed by atoms with van der Waals surface area (Å²) in [5.41, 5.74) is 4.42. The lowest BCUT2D eigenvalue weighted by Crippen LogP contribution is -2.11. The van der Waals surface area contributed by atoms with Gasteiger partial charge in [0.1, 0.15) is 5.71 Å². The van der Waals surface area contributed by atoms with E-state index in [9.17, 15) is 0 Å². The SMILES string of the molecule is CC1CCC(=NN=C(c2ccccc2)c2ccccc2)CC1. The summed E-state index contributed by atoms with van der Waals surface area (Å²) in [6.45, 7) is 2.32. The van der Waals surface area contributed by atoms with Crippen LogP contribution < -0.4 is 0 Å². The normalized spacial score (nSPS) is 17.9. The molecule has 0 bridgehead atoms. The van der Waals surface area contributed by atoms with Gasteiger partial charge in [0.05, 0.1) is 0 Å². The van der Waals surface area contributed by atoms with Gasteiger partial charge in [-0.1, -0.05) is 67.6 Å². The Morgan fingerprint density at radius 1 is 0.818 bits per heavy atom. The standard InChI is InChI=1S/C20H22N2/c1-16-12-14-19(15-13-16)21-22-20(17-8-4-2-5-9-17)18-10-6-3-7-11-18/h2-11,16H,12-15H2,1H3. The molecule has 0 unspecified atom stereocenters. The van der Waals surface area contributed by atoms with E-state index < -0.39 is 0 Å². The van der Waals surface area contributed by atoms with Crippen LogP contribution in [0.5, 0.6) is 0 Å². The van der Waals surface area contributed by atoms with Gasteiger partial charge in [0.15, 0.2) is 0 Å². The third-order valence-electron chi connectivity index (χ3n) is 4.24. The molecule has 22 heavy (non-hydrogen) atoms. The van der Waals surface area contributed by atoms with Crippen molar-refractivity contribution in [1.29, 1.82) is 0 Å². The molecule has 1 aliphatic carbocycles. The molecule has 2 aromatic rings. The molecule has 2 heteroatoms. The van der Waals surface area contributed by atoms with Gasteiger partial charge in [-0.15, -0.1) is 5.10 Å². The molecule has 0 heterocycles. The average molecular weight is 290 g/mol. The van der Waals surface area contributed by atoms with Crippen molar-refractivity contribution in [3.8, 4) is 0 Å². The lowest BCUT2D eigenvalue weighted by atomic mass is 9.90. The summed E-state index contributed by atoms with van der Waals surface area (Å²) < 4.78 is 0. The highest BCUT2D eigenvalue weighted by Crippen LogP contribution is 2.21. The first-order chi connectivity index (χ1) is 10.8. The first kappa shape index (κ1) is 14.7. The van der Waals surface area contributed by atoms with E-state index in [-0.39, 0.29) is 0 Å². The quantitative estimate of drug-likeness (QED) is 0.555. The van der Waals surface area contributed by atoms with E-state index in [1.54, 1.807) is 0 Å². The van der Waals surface area contributed by atoms with E-state index >= 15 is 0 Å². The average Bonchev–Trinajstić information content (AvgIpc) is 2.59. The second-order valence-electron chi connectivity index (χ2n) is 6.03. The van der Waals surface area contributed by atoms with Gasteiger partial charge < -0.3 is 0 Å². The van der Waals surface area contributed by atoms with Crippen LogP contribution in [0, 0.1) is 5.92 Å². The summed E-state index contributed by atoms with van der Waals surface area (Å²) >= 11 is 0. The summed E-state index contributed by atoms with van der Waals surface area (Å²) in [6, 6.07) is 20.6. The predicted molar refractivity (Wildman–Crippen MR) is 93.6 cm³/mol. The maximum atomic E-state index is 4.62. The Hall–Kier alpha value is -2.22. The zero-order valence-electron chi connectivity index (χ0n) is 13.1. The fourth-order valence-corrected chi connectivity index (χ4v) is 2.79. The van der Waals surface area contributed by atoms with Crippen LogP contribution in [-0.2, 0) is 0 Å². The molecule has 1 fully saturated rings. The zero-order valence-corrected chi connectivity index (χ0v) is 13.1. The Bertz CT molecular complexity index is 605. The maximum Gasteiger partial charge on any atom is 0.100 e. The number of benzene rings is 2. The topological polar surface area (TPSA) is 24.7 Å². The van der Waals surface area contributed by atoms with Gasteiger partial charge in [-0.05, 0) is 31.6 Å². The number of rotatable bonds is 3. The minimum atomic E-state index is 0.825. The van der Waals surface area contributed by atoms with Crippen molar-refractivity contribution < 1.29 is 0 Å². The van der Waals surface area contributed by atoms with Crippen LogP contribution in [0.15, 0.2) is 70.9 Å². The largest absolute Gasteiger partial charge is 0.159 e. The summed E-state index contributed by atoms with van der Waals surface area (Å²) in [5.74, 6) is 0.825. The van der Waals surface area contributed by atoms with Gasteiger partial charge >= 0.3 is 0 Å². The van der Waals surface area contributed by atoms with Crippen LogP contribution in [-0.4, -0.2) is 11.4 Å². The monoisotopic (exact) mass is 290 g/mol. The highest BCUT2D eigenvalue weighted by atomic mass is 15.2. The Morgan fingerprint density at radius 3 is 1.82 bits per heavy atom. The summed E-state index contributed by atoms with van der Waals surface area (Å²) in [7, 11) is 0. The fourth-order valence-electron chi connectivity index (χ4n) is 2.79. The minimum absolute atomic E-state index is 0.825. The van der Waals surface area contributed by atoms with Crippen molar-refractivity contribution in [1.82, 2.24) is 0 Å². The fraction of sp³-hybridized carbons (Fsp3) is 0.300. The molecule has 2 aromatic carbocycles. The molecule has 2 nitrogen and oxygen atoms in total. The van der Waals surface area contributed by atoms with Gasteiger partial charge in [0.25, 0.3) is 0 Å². The first-order valence-corrected chi connectivity index (χ1v) is 8.07. The smallest absolute Gasteiger partial charge is 0.100 e. The Labute approximate surface area is 132 Å². The van der Waals surface area contributed by atoms with Gasteiger partial charge in [0, 0.05) is 16.8 Å². The molecular weight excluding hydrogens is 268 g/mol. The van der Waals surface area contributed by atoms with E-state index in [1.165, 1.54) is 18.6 Å². The molecule has 1 aliphatic rings. The van der Waals surface area contributed by atoms with E-state index in [0.29, 0.717) is 0 Å². The molecule has 3 rings (SSSR count). The second kappa shape index (κ2) is 7.17. The van der Waals surface area contributed by atoms with Crippen LogP contribution in [0.25, 0.3) is 0 Å². The van der Waals surface area contributed by atoms with Crippen molar-refractivity contribution in [2.24, 2.45) is 16.1 Å². The van der Waals surface area contributed by atoms with E-state index in [4.69, 9.17) is 0 Å². The van der Waals surface area contributed by atoms with Crippen LogP contribution in [0.4, 0.5) is 0 Å². The van der Waals surface area contributed by atoms with Gasteiger partial charge in [-0.25, -0.2) is 0 Å². The molecule has 0 amide bonds. The number of hydrogen-bond acceptors (Lipinski definition) is 2. The molecule has 112 valence electrons. The van der Waals surface area contributed by atoms with Gasteiger partial charge in [-0.3, -0.25) is 0 Å².